The maximum Gasteiger partial charge on any atom is 0.210 e. The van der Waals surface area contributed by atoms with Gasteiger partial charge in [-0.05, 0) is 25.3 Å². The molecule has 0 saturated heterocycles. The van der Waals surface area contributed by atoms with Gasteiger partial charge in [0.2, 0.25) is 5.16 Å². The number of nitrogen functional groups attached to an aromatic ring is 1. The van der Waals surface area contributed by atoms with Crippen molar-refractivity contribution >= 4 is 11.8 Å². The molecule has 1 aliphatic carbocycles. The van der Waals surface area contributed by atoms with Gasteiger partial charge in [-0.1, -0.05) is 60.9 Å². The summed E-state index contributed by atoms with van der Waals surface area (Å²) < 4.78 is 1.70. The van der Waals surface area contributed by atoms with Gasteiger partial charge in [0, 0.05) is 11.7 Å². The van der Waals surface area contributed by atoms with E-state index in [-0.39, 0.29) is 0 Å². The van der Waals surface area contributed by atoms with E-state index in [0.717, 1.165) is 16.7 Å². The summed E-state index contributed by atoms with van der Waals surface area (Å²) in [6.07, 6.45) is 6.28. The fourth-order valence-electron chi connectivity index (χ4n) is 2.86. The van der Waals surface area contributed by atoms with Gasteiger partial charge in [-0.2, -0.15) is 0 Å². The van der Waals surface area contributed by atoms with Crippen LogP contribution in [-0.2, 0) is 5.75 Å². The maximum absolute atomic E-state index is 6.19. The highest BCUT2D eigenvalue weighted by atomic mass is 32.2. The van der Waals surface area contributed by atoms with E-state index in [9.17, 15) is 0 Å². The zero-order chi connectivity index (χ0) is 14.7. The summed E-state index contributed by atoms with van der Waals surface area (Å²) in [4.78, 5) is 0. The Hall–Kier alpha value is -1.49. The Balaban J connectivity index is 1.66. The second-order valence-electron chi connectivity index (χ2n) is 5.82. The van der Waals surface area contributed by atoms with E-state index in [1.165, 1.54) is 43.2 Å². The van der Waals surface area contributed by atoms with Gasteiger partial charge < -0.3 is 5.84 Å². The normalized spacial score (nSPS) is 16.2. The monoisotopic (exact) mass is 302 g/mol. The van der Waals surface area contributed by atoms with Crippen molar-refractivity contribution in [3.8, 4) is 0 Å². The van der Waals surface area contributed by atoms with Crippen molar-refractivity contribution in [3.63, 3.8) is 0 Å². The molecule has 1 fully saturated rings. The highest BCUT2D eigenvalue weighted by Gasteiger charge is 2.22. The topological polar surface area (TPSA) is 56.7 Å². The number of thioether (sulfide) groups is 1. The summed E-state index contributed by atoms with van der Waals surface area (Å²) in [6, 6.07) is 8.58. The van der Waals surface area contributed by atoms with Gasteiger partial charge in [0.15, 0.2) is 5.82 Å². The average Bonchev–Trinajstić information content (AvgIpc) is 2.89. The van der Waals surface area contributed by atoms with Crippen LogP contribution in [0.25, 0.3) is 0 Å². The van der Waals surface area contributed by atoms with Crippen molar-refractivity contribution in [2.24, 2.45) is 0 Å². The summed E-state index contributed by atoms with van der Waals surface area (Å²) in [5, 5.41) is 9.42. The van der Waals surface area contributed by atoms with E-state index in [0.29, 0.717) is 5.92 Å². The third kappa shape index (κ3) is 3.40. The Morgan fingerprint density at radius 3 is 2.57 bits per heavy atom. The minimum absolute atomic E-state index is 0.491. The molecule has 0 bridgehead atoms. The predicted octanol–water partition coefficient (Wildman–Crippen LogP) is 3.64. The first-order valence-electron chi connectivity index (χ1n) is 7.63. The van der Waals surface area contributed by atoms with Crippen molar-refractivity contribution in [2.45, 2.75) is 55.9 Å². The van der Waals surface area contributed by atoms with Gasteiger partial charge in [-0.25, -0.2) is 4.68 Å². The maximum atomic E-state index is 6.19. The van der Waals surface area contributed by atoms with E-state index in [2.05, 4.69) is 41.4 Å². The third-order valence-corrected chi connectivity index (χ3v) is 5.16. The highest BCUT2D eigenvalue weighted by Crippen LogP contribution is 2.32. The lowest BCUT2D eigenvalue weighted by Crippen LogP contribution is -2.18. The molecule has 21 heavy (non-hydrogen) atoms. The number of hydrogen-bond donors (Lipinski definition) is 1. The molecule has 5 heteroatoms. The molecule has 4 nitrogen and oxygen atoms in total. The number of benzene rings is 1. The Bertz CT molecular complexity index is 585. The number of nitrogens with zero attached hydrogens (tertiary/aromatic N) is 3. The van der Waals surface area contributed by atoms with Crippen LogP contribution in [0, 0.1) is 6.92 Å². The van der Waals surface area contributed by atoms with Crippen molar-refractivity contribution in [3.05, 3.63) is 41.2 Å². The molecule has 0 spiro atoms. The number of rotatable bonds is 4. The lowest BCUT2D eigenvalue weighted by molar-refractivity contribution is 0.421. The van der Waals surface area contributed by atoms with Gasteiger partial charge in [-0.15, -0.1) is 10.2 Å². The van der Waals surface area contributed by atoms with Crippen molar-refractivity contribution in [2.75, 3.05) is 5.84 Å². The van der Waals surface area contributed by atoms with Gasteiger partial charge in [0.1, 0.15) is 0 Å². The van der Waals surface area contributed by atoms with E-state index in [1.807, 2.05) is 0 Å². The minimum Gasteiger partial charge on any atom is -0.336 e. The van der Waals surface area contributed by atoms with Crippen LogP contribution in [0.15, 0.2) is 29.4 Å². The number of aryl methyl sites for hydroxylation is 1. The molecule has 1 aromatic heterocycles. The largest absolute Gasteiger partial charge is 0.336 e. The molecule has 0 radical (unpaired) electrons. The van der Waals surface area contributed by atoms with Gasteiger partial charge in [-0.3, -0.25) is 0 Å². The molecule has 3 rings (SSSR count). The fourth-order valence-corrected chi connectivity index (χ4v) is 3.68. The number of hydrogen-bond acceptors (Lipinski definition) is 4. The molecular weight excluding hydrogens is 280 g/mol. The molecule has 1 aromatic carbocycles. The Morgan fingerprint density at radius 1 is 1.14 bits per heavy atom. The van der Waals surface area contributed by atoms with Crippen LogP contribution in [-0.4, -0.2) is 14.9 Å². The molecule has 1 saturated carbocycles. The molecule has 2 aromatic rings. The van der Waals surface area contributed by atoms with Crippen LogP contribution < -0.4 is 5.84 Å². The fraction of sp³-hybridized carbons (Fsp3) is 0.500. The summed E-state index contributed by atoms with van der Waals surface area (Å²) in [5.41, 5.74) is 2.57. The third-order valence-electron chi connectivity index (χ3n) is 4.15. The van der Waals surface area contributed by atoms with Gasteiger partial charge in [0.05, 0.1) is 0 Å². The Labute approximate surface area is 130 Å². The van der Waals surface area contributed by atoms with Crippen molar-refractivity contribution in [1.29, 1.82) is 0 Å². The lowest BCUT2D eigenvalue weighted by Gasteiger charge is -2.20. The predicted molar refractivity (Wildman–Crippen MR) is 86.7 cm³/mol. The first-order valence-corrected chi connectivity index (χ1v) is 8.61. The molecule has 0 aliphatic heterocycles. The highest BCUT2D eigenvalue weighted by molar-refractivity contribution is 7.98. The van der Waals surface area contributed by atoms with Gasteiger partial charge >= 0.3 is 0 Å². The van der Waals surface area contributed by atoms with Crippen LogP contribution in [0.2, 0.25) is 0 Å². The van der Waals surface area contributed by atoms with E-state index in [1.54, 1.807) is 16.4 Å². The summed E-state index contributed by atoms with van der Waals surface area (Å²) in [7, 11) is 0. The van der Waals surface area contributed by atoms with Crippen molar-refractivity contribution in [1.82, 2.24) is 14.9 Å². The lowest BCUT2D eigenvalue weighted by atomic mass is 9.89. The first kappa shape index (κ1) is 14.4. The average molecular weight is 302 g/mol. The molecule has 112 valence electrons. The molecule has 1 heterocycles. The summed E-state index contributed by atoms with van der Waals surface area (Å²) in [5.74, 6) is 8.52. The quantitative estimate of drug-likeness (QED) is 0.692. The Morgan fingerprint density at radius 2 is 1.86 bits per heavy atom. The van der Waals surface area contributed by atoms with Crippen LogP contribution in [0.3, 0.4) is 0 Å². The SMILES string of the molecule is Cc1ccc(CSc2nnc(C3CCCCC3)n2N)cc1. The second-order valence-corrected chi connectivity index (χ2v) is 6.76. The summed E-state index contributed by atoms with van der Waals surface area (Å²) >= 11 is 1.66. The van der Waals surface area contributed by atoms with Crippen LogP contribution in [0.1, 0.15) is 55.0 Å². The van der Waals surface area contributed by atoms with E-state index < -0.39 is 0 Å². The van der Waals surface area contributed by atoms with Crippen molar-refractivity contribution < 1.29 is 0 Å². The van der Waals surface area contributed by atoms with Crippen LogP contribution in [0.5, 0.6) is 0 Å². The second kappa shape index (κ2) is 6.52. The van der Waals surface area contributed by atoms with E-state index >= 15 is 0 Å². The standard InChI is InChI=1S/C16H22N4S/c1-12-7-9-13(10-8-12)11-21-16-19-18-15(20(16)17)14-5-3-2-4-6-14/h7-10,14H,2-6,11,17H2,1H3. The molecule has 0 amide bonds. The minimum atomic E-state index is 0.491. The summed E-state index contributed by atoms with van der Waals surface area (Å²) in [6.45, 7) is 2.10. The Kier molecular flexibility index (Phi) is 4.48. The molecule has 2 N–H and O–H groups in total. The number of nitrogens with two attached hydrogens (primary N) is 1. The zero-order valence-electron chi connectivity index (χ0n) is 12.5. The zero-order valence-corrected chi connectivity index (χ0v) is 13.3. The van der Waals surface area contributed by atoms with E-state index in [4.69, 9.17) is 5.84 Å². The van der Waals surface area contributed by atoms with Crippen LogP contribution in [0.4, 0.5) is 0 Å². The smallest absolute Gasteiger partial charge is 0.210 e. The molecule has 0 atom stereocenters. The number of aromatic nitrogens is 3. The molecule has 0 unspecified atom stereocenters. The first-order chi connectivity index (χ1) is 10.2. The van der Waals surface area contributed by atoms with Crippen LogP contribution >= 0.6 is 11.8 Å². The molecule has 1 aliphatic rings. The molecular formula is C16H22N4S. The van der Waals surface area contributed by atoms with Gasteiger partial charge in [0.25, 0.3) is 0 Å².